The Kier molecular flexibility index (Phi) is 12.5. The summed E-state index contributed by atoms with van der Waals surface area (Å²) in [6, 6.07) is 28.0. The molecular formula is C40H38FN5O8. The monoisotopic (exact) mass is 735 g/mol. The molecule has 0 aliphatic heterocycles. The molecule has 1 amide bonds. The van der Waals surface area contributed by atoms with Gasteiger partial charge in [-0.15, -0.1) is 0 Å². The van der Waals surface area contributed by atoms with E-state index >= 15 is 4.39 Å². The Morgan fingerprint density at radius 3 is 2.26 bits per heavy atom. The summed E-state index contributed by atoms with van der Waals surface area (Å²) in [5.41, 5.74) is 1.23. The molecule has 0 saturated carbocycles. The first-order valence-corrected chi connectivity index (χ1v) is 16.7. The number of anilines is 1. The largest absolute Gasteiger partial charge is 0.497 e. The van der Waals surface area contributed by atoms with Gasteiger partial charge < -0.3 is 30.0 Å². The topological polar surface area (TPSA) is 163 Å². The van der Waals surface area contributed by atoms with Gasteiger partial charge >= 0.3 is 11.9 Å². The van der Waals surface area contributed by atoms with Crippen LogP contribution < -0.4 is 25.7 Å². The van der Waals surface area contributed by atoms with Crippen molar-refractivity contribution in [3.63, 3.8) is 0 Å². The van der Waals surface area contributed by atoms with E-state index in [0.29, 0.717) is 39.3 Å². The SMILES string of the molecule is CNCC(=O)OC(C)Cn1c(C)c(C(=O)Nc2ccc(Oc3ccnc4cc(OC)ccc34)c(F)c2)c(=O)n1-c1ccccc1.O=C(O)c1ccccc1. The molecular weight excluding hydrogens is 697 g/mol. The summed E-state index contributed by atoms with van der Waals surface area (Å²) < 4.78 is 34.7. The molecule has 1 unspecified atom stereocenters. The molecule has 2 aromatic heterocycles. The van der Waals surface area contributed by atoms with Crippen molar-refractivity contribution in [3.05, 3.63) is 142 Å². The highest BCUT2D eigenvalue weighted by Gasteiger charge is 2.26. The number of aromatic nitrogens is 3. The van der Waals surface area contributed by atoms with Crippen molar-refractivity contribution in [1.82, 2.24) is 19.7 Å². The average Bonchev–Trinajstić information content (AvgIpc) is 3.41. The summed E-state index contributed by atoms with van der Waals surface area (Å²) in [6.45, 7) is 3.47. The molecule has 0 aliphatic rings. The highest BCUT2D eigenvalue weighted by atomic mass is 19.1. The lowest BCUT2D eigenvalue weighted by Gasteiger charge is -2.18. The Labute approximate surface area is 309 Å². The third kappa shape index (κ3) is 9.16. The minimum absolute atomic E-state index is 0.0307. The molecule has 0 spiro atoms. The highest BCUT2D eigenvalue weighted by Crippen LogP contribution is 2.33. The van der Waals surface area contributed by atoms with Crippen molar-refractivity contribution in [1.29, 1.82) is 0 Å². The quantitative estimate of drug-likeness (QED) is 0.123. The number of aromatic carboxylic acids is 1. The fourth-order valence-corrected chi connectivity index (χ4v) is 5.52. The Bertz CT molecular complexity index is 2330. The number of esters is 1. The van der Waals surface area contributed by atoms with Crippen molar-refractivity contribution in [2.45, 2.75) is 26.5 Å². The number of carbonyl (C=O) groups excluding carboxylic acids is 2. The number of hydrogen-bond acceptors (Lipinski definition) is 9. The molecule has 14 heteroatoms. The van der Waals surface area contributed by atoms with Gasteiger partial charge in [0.1, 0.15) is 23.2 Å². The van der Waals surface area contributed by atoms with E-state index in [1.54, 1.807) is 124 Å². The molecule has 2 heterocycles. The second-order valence-electron chi connectivity index (χ2n) is 11.9. The van der Waals surface area contributed by atoms with Gasteiger partial charge in [-0.1, -0.05) is 36.4 Å². The van der Waals surface area contributed by atoms with E-state index in [2.05, 4.69) is 15.6 Å². The zero-order valence-corrected chi connectivity index (χ0v) is 29.9. The van der Waals surface area contributed by atoms with E-state index in [4.69, 9.17) is 19.3 Å². The summed E-state index contributed by atoms with van der Waals surface area (Å²) >= 11 is 0. The van der Waals surface area contributed by atoms with Crippen LogP contribution in [0.4, 0.5) is 10.1 Å². The lowest BCUT2D eigenvalue weighted by molar-refractivity contribution is -0.147. The van der Waals surface area contributed by atoms with Crippen molar-refractivity contribution in [2.24, 2.45) is 0 Å². The third-order valence-corrected chi connectivity index (χ3v) is 8.05. The van der Waals surface area contributed by atoms with Crippen LogP contribution in [-0.4, -0.2) is 64.1 Å². The predicted molar refractivity (Wildman–Crippen MR) is 200 cm³/mol. The van der Waals surface area contributed by atoms with Gasteiger partial charge in [0.05, 0.1) is 42.7 Å². The molecule has 4 aromatic carbocycles. The standard InChI is InChI=1S/C33H32FN5O6.C7H6O2/c1-20(44-30(40)18-35-3)19-38-21(2)31(33(42)39(38)23-8-6-5-7-9-23)32(41)37-22-10-13-29(26(34)16-22)45-28-14-15-36-27-17-24(43-4)11-12-25(27)28;8-7(9)6-4-2-1-3-5-6/h5-17,20,35H,18-19H2,1-4H3,(H,37,41);1-5H,(H,8,9). The van der Waals surface area contributed by atoms with E-state index in [1.807, 2.05) is 0 Å². The first kappa shape index (κ1) is 38.4. The molecule has 0 saturated heterocycles. The minimum Gasteiger partial charge on any atom is -0.497 e. The summed E-state index contributed by atoms with van der Waals surface area (Å²) in [5.74, 6) is -1.82. The second kappa shape index (κ2) is 17.6. The van der Waals surface area contributed by atoms with E-state index in [9.17, 15) is 19.2 Å². The number of hydrogen-bond donors (Lipinski definition) is 3. The maximum absolute atomic E-state index is 15.2. The number of nitrogens with zero attached hydrogens (tertiary/aromatic N) is 3. The summed E-state index contributed by atoms with van der Waals surface area (Å²) in [6.07, 6.45) is 0.941. The van der Waals surface area contributed by atoms with Crippen molar-refractivity contribution >= 4 is 34.4 Å². The number of rotatable bonds is 12. The number of likely N-dealkylation sites (N-methyl/N-ethyl adjacent to an activating group) is 1. The van der Waals surface area contributed by atoms with Crippen LogP contribution in [0.1, 0.15) is 33.3 Å². The fourth-order valence-electron chi connectivity index (χ4n) is 5.52. The number of benzene rings is 4. The van der Waals surface area contributed by atoms with E-state index in [-0.39, 0.29) is 30.1 Å². The maximum Gasteiger partial charge on any atom is 0.335 e. The number of methoxy groups -OCH3 is 1. The Morgan fingerprint density at radius 2 is 1.63 bits per heavy atom. The van der Waals surface area contributed by atoms with Crippen molar-refractivity contribution in [3.8, 4) is 22.9 Å². The second-order valence-corrected chi connectivity index (χ2v) is 11.9. The molecule has 0 bridgehead atoms. The third-order valence-electron chi connectivity index (χ3n) is 8.05. The number of para-hydroxylation sites is 1. The first-order chi connectivity index (χ1) is 26.0. The van der Waals surface area contributed by atoms with Crippen molar-refractivity contribution in [2.75, 3.05) is 26.0 Å². The van der Waals surface area contributed by atoms with Crippen LogP contribution in [0.15, 0.2) is 114 Å². The molecule has 0 radical (unpaired) electrons. The van der Waals surface area contributed by atoms with Gasteiger partial charge in [0.25, 0.3) is 11.5 Å². The smallest absolute Gasteiger partial charge is 0.335 e. The Balaban J connectivity index is 0.000000546. The van der Waals surface area contributed by atoms with Crippen LogP contribution in [0.3, 0.4) is 0 Å². The van der Waals surface area contributed by atoms with Gasteiger partial charge in [0.2, 0.25) is 0 Å². The van der Waals surface area contributed by atoms with Gasteiger partial charge in [-0.2, -0.15) is 0 Å². The number of pyridine rings is 1. The number of ether oxygens (including phenoxy) is 3. The van der Waals surface area contributed by atoms with Gasteiger partial charge in [-0.25, -0.2) is 13.9 Å². The van der Waals surface area contributed by atoms with Crippen LogP contribution in [0.25, 0.3) is 16.6 Å². The van der Waals surface area contributed by atoms with Crippen LogP contribution in [0, 0.1) is 12.7 Å². The average molecular weight is 736 g/mol. The van der Waals surface area contributed by atoms with Crippen LogP contribution in [-0.2, 0) is 16.1 Å². The van der Waals surface area contributed by atoms with Gasteiger partial charge in [-0.05, 0) is 75.5 Å². The lowest BCUT2D eigenvalue weighted by Crippen LogP contribution is -2.30. The fraction of sp³-hybridized carbons (Fsp3) is 0.175. The normalized spacial score (nSPS) is 11.2. The highest BCUT2D eigenvalue weighted by molar-refractivity contribution is 6.05. The summed E-state index contributed by atoms with van der Waals surface area (Å²) in [7, 11) is 3.19. The predicted octanol–water partition coefficient (Wildman–Crippen LogP) is 6.22. The van der Waals surface area contributed by atoms with E-state index < -0.39 is 35.3 Å². The number of halogens is 1. The molecule has 1 atom stereocenters. The van der Waals surface area contributed by atoms with Crippen molar-refractivity contribution < 1.29 is 38.1 Å². The number of nitrogens with one attached hydrogen (secondary N) is 2. The zero-order chi connectivity index (χ0) is 38.8. The molecule has 3 N–H and O–H groups in total. The van der Waals surface area contributed by atoms with Gasteiger partial charge in [-0.3, -0.25) is 24.0 Å². The van der Waals surface area contributed by atoms with Crippen LogP contribution in [0.5, 0.6) is 17.2 Å². The Hall–Kier alpha value is -6.80. The van der Waals surface area contributed by atoms with E-state index in [0.717, 1.165) is 6.07 Å². The van der Waals surface area contributed by atoms with Crippen LogP contribution >= 0.6 is 0 Å². The lowest BCUT2D eigenvalue weighted by atomic mass is 10.2. The summed E-state index contributed by atoms with van der Waals surface area (Å²) in [5, 5.41) is 14.4. The van der Waals surface area contributed by atoms with Crippen LogP contribution in [0.2, 0.25) is 0 Å². The minimum atomic E-state index is -0.879. The zero-order valence-electron chi connectivity index (χ0n) is 29.9. The molecule has 0 fully saturated rings. The molecule has 13 nitrogen and oxygen atoms in total. The number of carboxylic acid groups (broad SMARTS) is 1. The molecule has 6 rings (SSSR count). The number of carbonyl (C=O) groups is 3. The maximum atomic E-state index is 15.2. The van der Waals surface area contributed by atoms with Gasteiger partial charge in [0, 0.05) is 29.4 Å². The first-order valence-electron chi connectivity index (χ1n) is 16.7. The van der Waals surface area contributed by atoms with Gasteiger partial charge in [0.15, 0.2) is 11.6 Å². The number of carboxylic acids is 1. The summed E-state index contributed by atoms with van der Waals surface area (Å²) in [4.78, 5) is 53.7. The number of fused-ring (bicyclic) bond motifs is 1. The Morgan fingerprint density at radius 1 is 0.926 bits per heavy atom. The molecule has 6 aromatic rings. The molecule has 278 valence electrons. The molecule has 54 heavy (non-hydrogen) atoms. The number of amides is 1. The molecule has 0 aliphatic carbocycles. The van der Waals surface area contributed by atoms with E-state index in [1.165, 1.54) is 16.8 Å².